The van der Waals surface area contributed by atoms with E-state index in [0.29, 0.717) is 41.7 Å². The number of allylic oxidation sites excluding steroid dienone is 1. The number of H-pyrrole nitrogens is 1. The standard InChI is InChI=1S/C27H25BrN6O5/c1-4-22-29-15(2)24(27(36)37)34(22,11-12-38-16(3)35)14-17-9-10-21-20(13-17)23(28)25(39-21)18-7-5-6-8-19(18)26-30-32-33-31-26/h5-10,13H,4,11-12,14H2,1-3H3,(H-,30,31,32,33,36,37)/p+1. The summed E-state index contributed by atoms with van der Waals surface area (Å²) in [5, 5.41) is 25.4. The number of aromatic amines is 1. The van der Waals surface area contributed by atoms with Crippen LogP contribution in [0.3, 0.4) is 0 Å². The van der Waals surface area contributed by atoms with E-state index >= 15 is 0 Å². The van der Waals surface area contributed by atoms with Gasteiger partial charge in [0.2, 0.25) is 17.4 Å². The average Bonchev–Trinajstić information content (AvgIpc) is 3.61. The molecule has 0 aliphatic carbocycles. The molecule has 0 saturated heterocycles. The van der Waals surface area contributed by atoms with E-state index < -0.39 is 11.9 Å². The number of quaternary nitrogens is 1. The Balaban J connectivity index is 1.58. The van der Waals surface area contributed by atoms with Crippen LogP contribution in [0, 0.1) is 0 Å². The summed E-state index contributed by atoms with van der Waals surface area (Å²) in [5.41, 5.74) is 3.72. The van der Waals surface area contributed by atoms with E-state index in [1.807, 2.05) is 49.4 Å². The number of aliphatic carboxylic acids is 1. The van der Waals surface area contributed by atoms with Crippen LogP contribution in [0.4, 0.5) is 0 Å². The number of furan rings is 1. The molecule has 11 nitrogen and oxygen atoms in total. The molecule has 1 aliphatic rings. The summed E-state index contributed by atoms with van der Waals surface area (Å²) in [4.78, 5) is 28.6. The number of tetrazole rings is 1. The third kappa shape index (κ3) is 4.77. The van der Waals surface area contributed by atoms with Crippen molar-refractivity contribution in [2.75, 3.05) is 13.2 Å². The number of aromatic nitrogens is 4. The van der Waals surface area contributed by atoms with Gasteiger partial charge in [-0.3, -0.25) is 4.79 Å². The van der Waals surface area contributed by atoms with Gasteiger partial charge in [0, 0.05) is 35.4 Å². The molecule has 0 bridgehead atoms. The number of amidine groups is 1. The maximum atomic E-state index is 12.4. The van der Waals surface area contributed by atoms with Crippen molar-refractivity contribution in [3.63, 3.8) is 0 Å². The van der Waals surface area contributed by atoms with E-state index in [9.17, 15) is 14.7 Å². The second kappa shape index (κ2) is 10.5. The van der Waals surface area contributed by atoms with Crippen LogP contribution in [0.25, 0.3) is 33.7 Å². The summed E-state index contributed by atoms with van der Waals surface area (Å²) < 4.78 is 12.2. The number of nitrogens with one attached hydrogen (secondary N) is 1. The van der Waals surface area contributed by atoms with Gasteiger partial charge in [-0.15, -0.1) is 10.2 Å². The molecule has 2 aromatic carbocycles. The molecule has 0 saturated carbocycles. The van der Waals surface area contributed by atoms with Crippen molar-refractivity contribution < 1.29 is 28.3 Å². The van der Waals surface area contributed by atoms with Crippen molar-refractivity contribution >= 4 is 44.7 Å². The number of aliphatic imine (C=N–C) groups is 1. The number of carbonyl (C=O) groups is 2. The molecule has 2 aromatic heterocycles. The van der Waals surface area contributed by atoms with Gasteiger partial charge in [-0.2, -0.15) is 10.2 Å². The molecular formula is C27H26BrN6O5+. The van der Waals surface area contributed by atoms with Crippen LogP contribution in [0.1, 0.15) is 32.8 Å². The molecule has 1 aliphatic heterocycles. The number of fused-ring (bicyclic) bond motifs is 1. The lowest BCUT2D eigenvalue weighted by molar-refractivity contribution is -0.812. The first-order valence-electron chi connectivity index (χ1n) is 12.3. The van der Waals surface area contributed by atoms with E-state index in [4.69, 9.17) is 9.15 Å². The Kier molecular flexibility index (Phi) is 7.15. The fourth-order valence-electron chi connectivity index (χ4n) is 5.19. The number of nitrogens with zero attached hydrogens (tertiary/aromatic N) is 5. The SMILES string of the molecule is CCC1=NC(C)=C(C(=O)O)[N+]1(CCOC(C)=O)Cc1ccc2oc(-c3ccccc3-c3nn[nH]n3)c(Br)c2c1. The van der Waals surface area contributed by atoms with E-state index in [1.54, 1.807) is 6.92 Å². The van der Waals surface area contributed by atoms with Crippen LogP contribution in [0.15, 0.2) is 67.7 Å². The molecule has 12 heteroatoms. The largest absolute Gasteiger partial charge is 0.474 e. The smallest absolute Gasteiger partial charge is 0.392 e. The Morgan fingerprint density at radius 3 is 2.62 bits per heavy atom. The van der Waals surface area contributed by atoms with Gasteiger partial charge in [0.05, 0.1) is 4.47 Å². The number of carbonyl (C=O) groups excluding carboxylic acids is 1. The number of hydrogen-bond acceptors (Lipinski definition) is 8. The first-order valence-corrected chi connectivity index (χ1v) is 13.1. The zero-order valence-electron chi connectivity index (χ0n) is 21.6. The van der Waals surface area contributed by atoms with Gasteiger partial charge in [0.1, 0.15) is 36.7 Å². The minimum atomic E-state index is -1.05. The summed E-state index contributed by atoms with van der Waals surface area (Å²) in [7, 11) is 0. The zero-order chi connectivity index (χ0) is 27.7. The number of carboxylic acid groups (broad SMARTS) is 1. The van der Waals surface area contributed by atoms with Crippen molar-refractivity contribution in [3.8, 4) is 22.7 Å². The highest BCUT2D eigenvalue weighted by molar-refractivity contribution is 9.10. The predicted molar refractivity (Wildman–Crippen MR) is 146 cm³/mol. The van der Waals surface area contributed by atoms with Gasteiger partial charge >= 0.3 is 11.9 Å². The maximum absolute atomic E-state index is 12.4. The van der Waals surface area contributed by atoms with Gasteiger partial charge in [-0.05, 0) is 46.3 Å². The highest BCUT2D eigenvalue weighted by Gasteiger charge is 2.48. The third-order valence-corrected chi connectivity index (χ3v) is 7.55. The molecule has 4 aromatic rings. The van der Waals surface area contributed by atoms with Crippen molar-refractivity contribution in [1.82, 2.24) is 20.6 Å². The summed E-state index contributed by atoms with van der Waals surface area (Å²) in [5.74, 6) is 0.297. The third-order valence-electron chi connectivity index (χ3n) is 6.76. The molecular weight excluding hydrogens is 568 g/mol. The van der Waals surface area contributed by atoms with E-state index in [0.717, 1.165) is 26.5 Å². The number of hydrogen-bond donors (Lipinski definition) is 2. The van der Waals surface area contributed by atoms with Gasteiger partial charge in [-0.1, -0.05) is 31.2 Å². The van der Waals surface area contributed by atoms with Crippen LogP contribution in [-0.2, 0) is 20.9 Å². The van der Waals surface area contributed by atoms with Crippen molar-refractivity contribution in [1.29, 1.82) is 0 Å². The molecule has 1 unspecified atom stereocenters. The Bertz CT molecular complexity index is 1640. The minimum absolute atomic E-state index is 0.0283. The summed E-state index contributed by atoms with van der Waals surface area (Å²) in [6.45, 7) is 5.61. The average molecular weight is 594 g/mol. The fraction of sp³-hybridized carbons (Fsp3) is 0.259. The first kappa shape index (κ1) is 26.4. The molecule has 3 heterocycles. The number of carboxylic acids is 1. The number of benzene rings is 2. The second-order valence-electron chi connectivity index (χ2n) is 9.17. The van der Waals surface area contributed by atoms with Gasteiger partial charge < -0.3 is 14.3 Å². The van der Waals surface area contributed by atoms with Crippen LogP contribution in [0.5, 0.6) is 0 Å². The fourth-order valence-corrected chi connectivity index (χ4v) is 5.79. The molecule has 2 N–H and O–H groups in total. The van der Waals surface area contributed by atoms with Crippen LogP contribution in [-0.4, -0.2) is 61.1 Å². The minimum Gasteiger partial charge on any atom is -0.474 e. The van der Waals surface area contributed by atoms with Crippen molar-refractivity contribution in [2.24, 2.45) is 4.99 Å². The second-order valence-corrected chi connectivity index (χ2v) is 9.96. The Labute approximate surface area is 231 Å². The van der Waals surface area contributed by atoms with Crippen LogP contribution < -0.4 is 0 Å². The van der Waals surface area contributed by atoms with E-state index in [2.05, 4.69) is 41.5 Å². The normalized spacial score (nSPS) is 17.1. The number of halogens is 1. The lowest BCUT2D eigenvalue weighted by atomic mass is 10.0. The van der Waals surface area contributed by atoms with E-state index in [-0.39, 0.29) is 23.3 Å². The molecule has 200 valence electrons. The quantitative estimate of drug-likeness (QED) is 0.202. The molecule has 0 fully saturated rings. The van der Waals surface area contributed by atoms with Gasteiger partial charge in [0.25, 0.3) is 0 Å². The Morgan fingerprint density at radius 2 is 1.95 bits per heavy atom. The van der Waals surface area contributed by atoms with Gasteiger partial charge in [-0.25, -0.2) is 9.28 Å². The highest BCUT2D eigenvalue weighted by Crippen LogP contribution is 2.42. The highest BCUT2D eigenvalue weighted by atomic mass is 79.9. The molecule has 0 amide bonds. The van der Waals surface area contributed by atoms with Crippen molar-refractivity contribution in [2.45, 2.75) is 33.7 Å². The topological polar surface area (TPSA) is 144 Å². The molecule has 1 atom stereocenters. The molecule has 0 radical (unpaired) electrons. The first-order chi connectivity index (χ1) is 18.7. The summed E-state index contributed by atoms with van der Waals surface area (Å²) in [6.07, 6.45) is 0.544. The molecule has 39 heavy (non-hydrogen) atoms. The van der Waals surface area contributed by atoms with Crippen LogP contribution in [0.2, 0.25) is 0 Å². The van der Waals surface area contributed by atoms with Crippen LogP contribution >= 0.6 is 15.9 Å². The Morgan fingerprint density at radius 1 is 1.18 bits per heavy atom. The maximum Gasteiger partial charge on any atom is 0.392 e. The number of esters is 1. The zero-order valence-corrected chi connectivity index (χ0v) is 23.2. The lowest BCUT2D eigenvalue weighted by Gasteiger charge is -2.35. The van der Waals surface area contributed by atoms with Crippen molar-refractivity contribution in [3.05, 3.63) is 63.9 Å². The predicted octanol–water partition coefficient (Wildman–Crippen LogP) is 5.06. The monoisotopic (exact) mass is 593 g/mol. The molecule has 5 rings (SSSR count). The van der Waals surface area contributed by atoms with E-state index in [1.165, 1.54) is 6.92 Å². The number of rotatable bonds is 9. The molecule has 0 spiro atoms. The Hall–Kier alpha value is -4.16. The number of ether oxygens (including phenoxy) is 1. The summed E-state index contributed by atoms with van der Waals surface area (Å²) >= 11 is 3.73. The summed E-state index contributed by atoms with van der Waals surface area (Å²) in [6, 6.07) is 13.4. The van der Waals surface area contributed by atoms with Gasteiger partial charge in [0.15, 0.2) is 0 Å². The lowest BCUT2D eigenvalue weighted by Crippen LogP contribution is -2.53.